The van der Waals surface area contributed by atoms with Crippen LogP contribution < -0.4 is 16.4 Å². The summed E-state index contributed by atoms with van der Waals surface area (Å²) in [5, 5.41) is 5.30. The Balaban J connectivity index is 2.37. The van der Waals surface area contributed by atoms with Crippen LogP contribution in [0.1, 0.15) is 26.7 Å². The smallest absolute Gasteiger partial charge is 0.315 e. The fourth-order valence-electron chi connectivity index (χ4n) is 1.16. The van der Waals surface area contributed by atoms with Crippen LogP contribution >= 0.6 is 0 Å². The van der Waals surface area contributed by atoms with Gasteiger partial charge >= 0.3 is 6.03 Å². The first-order chi connectivity index (χ1) is 6.50. The van der Waals surface area contributed by atoms with Crippen LogP contribution in [0.2, 0.25) is 0 Å². The molecule has 5 nitrogen and oxygen atoms in total. The third-order valence-electron chi connectivity index (χ3n) is 2.17. The van der Waals surface area contributed by atoms with Crippen LogP contribution in [0.25, 0.3) is 0 Å². The SMILES string of the molecule is CC(C)C(NC(=O)NC1CC1)C(N)=O. The van der Waals surface area contributed by atoms with E-state index < -0.39 is 11.9 Å². The molecule has 1 fully saturated rings. The maximum Gasteiger partial charge on any atom is 0.315 e. The largest absolute Gasteiger partial charge is 0.368 e. The predicted molar refractivity (Wildman–Crippen MR) is 52.5 cm³/mol. The monoisotopic (exact) mass is 199 g/mol. The van der Waals surface area contributed by atoms with Gasteiger partial charge < -0.3 is 16.4 Å². The van der Waals surface area contributed by atoms with Gasteiger partial charge in [-0.05, 0) is 18.8 Å². The summed E-state index contributed by atoms with van der Waals surface area (Å²) in [6, 6.07) is -0.602. The lowest BCUT2D eigenvalue weighted by Crippen LogP contribution is -2.51. The molecule has 0 heterocycles. The highest BCUT2D eigenvalue weighted by Gasteiger charge is 2.26. The van der Waals surface area contributed by atoms with E-state index >= 15 is 0 Å². The number of hydrogen-bond donors (Lipinski definition) is 3. The maximum atomic E-state index is 11.3. The number of urea groups is 1. The molecule has 0 bridgehead atoms. The highest BCUT2D eigenvalue weighted by atomic mass is 16.2. The van der Waals surface area contributed by atoms with Gasteiger partial charge in [-0.25, -0.2) is 4.79 Å². The van der Waals surface area contributed by atoms with Gasteiger partial charge in [0.1, 0.15) is 6.04 Å². The molecule has 5 heteroatoms. The number of primary amides is 1. The normalized spacial score (nSPS) is 17.6. The predicted octanol–water partition coefficient (Wildman–Crippen LogP) is -0.0421. The second kappa shape index (κ2) is 4.30. The third-order valence-corrected chi connectivity index (χ3v) is 2.17. The van der Waals surface area contributed by atoms with E-state index in [2.05, 4.69) is 10.6 Å². The second-order valence-corrected chi connectivity index (χ2v) is 4.02. The quantitative estimate of drug-likeness (QED) is 0.593. The number of amides is 3. The Morgan fingerprint density at radius 1 is 1.36 bits per heavy atom. The van der Waals surface area contributed by atoms with Crippen molar-refractivity contribution in [1.29, 1.82) is 0 Å². The van der Waals surface area contributed by atoms with Crippen molar-refractivity contribution in [3.05, 3.63) is 0 Å². The Kier molecular flexibility index (Phi) is 3.33. The molecular weight excluding hydrogens is 182 g/mol. The van der Waals surface area contributed by atoms with Crippen molar-refractivity contribution in [2.45, 2.75) is 38.8 Å². The lowest BCUT2D eigenvalue weighted by Gasteiger charge is -2.19. The molecule has 1 aliphatic carbocycles. The lowest BCUT2D eigenvalue weighted by atomic mass is 10.0. The molecule has 0 aliphatic heterocycles. The topological polar surface area (TPSA) is 84.2 Å². The van der Waals surface area contributed by atoms with Crippen molar-refractivity contribution in [3.8, 4) is 0 Å². The minimum Gasteiger partial charge on any atom is -0.368 e. The minimum atomic E-state index is -0.589. The average Bonchev–Trinajstić information content (AvgIpc) is 2.82. The average molecular weight is 199 g/mol. The summed E-state index contributed by atoms with van der Waals surface area (Å²) in [5.74, 6) is -0.483. The van der Waals surface area contributed by atoms with Crippen LogP contribution in [0.4, 0.5) is 4.79 Å². The van der Waals surface area contributed by atoms with E-state index in [1.54, 1.807) is 0 Å². The fourth-order valence-corrected chi connectivity index (χ4v) is 1.16. The molecule has 0 saturated heterocycles. The standard InChI is InChI=1S/C9H17N3O2/c1-5(2)7(8(10)13)12-9(14)11-6-3-4-6/h5-7H,3-4H2,1-2H3,(H2,10,13)(H2,11,12,14). The van der Waals surface area contributed by atoms with Crippen LogP contribution in [0.15, 0.2) is 0 Å². The van der Waals surface area contributed by atoms with E-state index in [-0.39, 0.29) is 18.0 Å². The van der Waals surface area contributed by atoms with Crippen molar-refractivity contribution in [1.82, 2.24) is 10.6 Å². The molecule has 80 valence electrons. The number of carbonyl (C=O) groups excluding carboxylic acids is 2. The van der Waals surface area contributed by atoms with Gasteiger partial charge in [-0.1, -0.05) is 13.8 Å². The van der Waals surface area contributed by atoms with Gasteiger partial charge in [0.15, 0.2) is 0 Å². The fraction of sp³-hybridized carbons (Fsp3) is 0.778. The van der Waals surface area contributed by atoms with Gasteiger partial charge in [0.05, 0.1) is 0 Å². The number of hydrogen-bond acceptors (Lipinski definition) is 2. The molecule has 1 aliphatic rings. The minimum absolute atomic E-state index is 0.0115. The van der Waals surface area contributed by atoms with Gasteiger partial charge in [0.2, 0.25) is 5.91 Å². The van der Waals surface area contributed by atoms with Gasteiger partial charge in [0.25, 0.3) is 0 Å². The van der Waals surface area contributed by atoms with E-state index in [1.807, 2.05) is 13.8 Å². The number of rotatable bonds is 4. The molecule has 1 saturated carbocycles. The molecular formula is C9H17N3O2. The van der Waals surface area contributed by atoms with E-state index in [0.717, 1.165) is 12.8 Å². The summed E-state index contributed by atoms with van der Waals surface area (Å²) in [4.78, 5) is 22.2. The Hall–Kier alpha value is -1.26. The molecule has 4 N–H and O–H groups in total. The molecule has 1 unspecified atom stereocenters. The van der Waals surface area contributed by atoms with Crippen LogP contribution in [-0.4, -0.2) is 24.0 Å². The van der Waals surface area contributed by atoms with Crippen molar-refractivity contribution in [2.24, 2.45) is 11.7 Å². The van der Waals surface area contributed by atoms with Gasteiger partial charge in [-0.2, -0.15) is 0 Å². The summed E-state index contributed by atoms with van der Waals surface area (Å²) in [6.07, 6.45) is 2.05. The van der Waals surface area contributed by atoms with Crippen molar-refractivity contribution >= 4 is 11.9 Å². The van der Waals surface area contributed by atoms with Crippen molar-refractivity contribution < 1.29 is 9.59 Å². The molecule has 0 radical (unpaired) electrons. The van der Waals surface area contributed by atoms with Gasteiger partial charge in [-0.15, -0.1) is 0 Å². The Morgan fingerprint density at radius 3 is 2.29 bits per heavy atom. The first-order valence-electron chi connectivity index (χ1n) is 4.87. The maximum absolute atomic E-state index is 11.3. The summed E-state index contributed by atoms with van der Waals surface area (Å²) in [7, 11) is 0. The Bertz CT molecular complexity index is 236. The van der Waals surface area contributed by atoms with E-state index in [0.29, 0.717) is 0 Å². The summed E-state index contributed by atoms with van der Waals surface area (Å²) in [6.45, 7) is 3.68. The zero-order valence-corrected chi connectivity index (χ0v) is 8.54. The molecule has 0 aromatic rings. The zero-order chi connectivity index (χ0) is 10.7. The molecule has 14 heavy (non-hydrogen) atoms. The summed E-state index contributed by atoms with van der Waals surface area (Å²) in [5.41, 5.74) is 5.15. The third kappa shape index (κ3) is 3.24. The molecule has 0 spiro atoms. The second-order valence-electron chi connectivity index (χ2n) is 4.02. The molecule has 3 amide bonds. The summed E-state index contributed by atoms with van der Waals surface area (Å²) >= 11 is 0. The first-order valence-corrected chi connectivity index (χ1v) is 4.87. The van der Waals surface area contributed by atoms with Crippen LogP contribution in [0.3, 0.4) is 0 Å². The number of nitrogens with two attached hydrogens (primary N) is 1. The highest BCUT2D eigenvalue weighted by Crippen LogP contribution is 2.18. The van der Waals surface area contributed by atoms with Crippen molar-refractivity contribution in [3.63, 3.8) is 0 Å². The first kappa shape index (κ1) is 10.8. The highest BCUT2D eigenvalue weighted by molar-refractivity contribution is 5.86. The van der Waals surface area contributed by atoms with Crippen LogP contribution in [0.5, 0.6) is 0 Å². The van der Waals surface area contributed by atoms with E-state index in [9.17, 15) is 9.59 Å². The number of nitrogens with one attached hydrogen (secondary N) is 2. The lowest BCUT2D eigenvalue weighted by molar-refractivity contribution is -0.120. The zero-order valence-electron chi connectivity index (χ0n) is 8.54. The van der Waals surface area contributed by atoms with Crippen LogP contribution in [-0.2, 0) is 4.79 Å². The van der Waals surface area contributed by atoms with Gasteiger partial charge in [0, 0.05) is 6.04 Å². The molecule has 0 aromatic heterocycles. The molecule has 1 rings (SSSR count). The van der Waals surface area contributed by atoms with Crippen LogP contribution in [0, 0.1) is 5.92 Å². The Labute approximate surface area is 83.4 Å². The van der Waals surface area contributed by atoms with Gasteiger partial charge in [-0.3, -0.25) is 4.79 Å². The molecule has 1 atom stereocenters. The molecule has 0 aromatic carbocycles. The van der Waals surface area contributed by atoms with Crippen molar-refractivity contribution in [2.75, 3.05) is 0 Å². The van der Waals surface area contributed by atoms with E-state index in [1.165, 1.54) is 0 Å². The van der Waals surface area contributed by atoms with E-state index in [4.69, 9.17) is 5.73 Å². The summed E-state index contributed by atoms with van der Waals surface area (Å²) < 4.78 is 0. The number of carbonyl (C=O) groups is 2. The Morgan fingerprint density at radius 2 is 1.93 bits per heavy atom.